The SMILES string of the molecule is NC1(COc2ccc(F)cc2Br)CC1. The van der Waals surface area contributed by atoms with Crippen molar-refractivity contribution in [2.75, 3.05) is 6.61 Å². The average Bonchev–Trinajstić information content (AvgIpc) is 2.83. The van der Waals surface area contributed by atoms with E-state index in [1.807, 2.05) is 0 Å². The summed E-state index contributed by atoms with van der Waals surface area (Å²) in [6.45, 7) is 0.497. The highest BCUT2D eigenvalue weighted by molar-refractivity contribution is 9.10. The first-order chi connectivity index (χ1) is 6.59. The van der Waals surface area contributed by atoms with Crippen molar-refractivity contribution >= 4 is 15.9 Å². The van der Waals surface area contributed by atoms with Crippen molar-refractivity contribution in [3.8, 4) is 5.75 Å². The van der Waals surface area contributed by atoms with Gasteiger partial charge in [0.2, 0.25) is 0 Å². The Morgan fingerprint density at radius 3 is 2.79 bits per heavy atom. The molecule has 0 unspecified atom stereocenters. The van der Waals surface area contributed by atoms with Gasteiger partial charge in [-0.05, 0) is 47.0 Å². The van der Waals surface area contributed by atoms with Gasteiger partial charge in [0.1, 0.15) is 18.2 Å². The van der Waals surface area contributed by atoms with Gasteiger partial charge < -0.3 is 10.5 Å². The highest BCUT2D eigenvalue weighted by Crippen LogP contribution is 2.34. The lowest BCUT2D eigenvalue weighted by atomic mass is 10.3. The van der Waals surface area contributed by atoms with Crippen LogP contribution in [0.3, 0.4) is 0 Å². The molecule has 0 amide bonds. The smallest absolute Gasteiger partial charge is 0.133 e. The molecule has 4 heteroatoms. The molecule has 2 nitrogen and oxygen atoms in total. The third-order valence-corrected chi connectivity index (χ3v) is 2.92. The summed E-state index contributed by atoms with van der Waals surface area (Å²) in [4.78, 5) is 0. The predicted octanol–water partition coefficient (Wildman–Crippen LogP) is 2.46. The zero-order chi connectivity index (χ0) is 10.2. The van der Waals surface area contributed by atoms with E-state index in [4.69, 9.17) is 10.5 Å². The van der Waals surface area contributed by atoms with Crippen LogP contribution >= 0.6 is 15.9 Å². The first kappa shape index (κ1) is 9.93. The molecule has 1 aliphatic carbocycles. The molecule has 0 heterocycles. The minimum absolute atomic E-state index is 0.145. The molecule has 2 N–H and O–H groups in total. The molecule has 14 heavy (non-hydrogen) atoms. The van der Waals surface area contributed by atoms with Crippen LogP contribution in [0, 0.1) is 5.82 Å². The number of hydrogen-bond donors (Lipinski definition) is 1. The third kappa shape index (κ3) is 2.25. The zero-order valence-electron chi connectivity index (χ0n) is 7.59. The van der Waals surface area contributed by atoms with E-state index in [-0.39, 0.29) is 11.4 Å². The van der Waals surface area contributed by atoms with Crippen LogP contribution in [0.4, 0.5) is 4.39 Å². The van der Waals surface area contributed by atoms with Crippen LogP contribution < -0.4 is 10.5 Å². The van der Waals surface area contributed by atoms with E-state index in [0.29, 0.717) is 16.8 Å². The van der Waals surface area contributed by atoms with E-state index in [1.54, 1.807) is 6.07 Å². The van der Waals surface area contributed by atoms with E-state index >= 15 is 0 Å². The molecule has 1 saturated carbocycles. The van der Waals surface area contributed by atoms with Crippen LogP contribution in [0.1, 0.15) is 12.8 Å². The van der Waals surface area contributed by atoms with Crippen molar-refractivity contribution in [1.29, 1.82) is 0 Å². The van der Waals surface area contributed by atoms with Crippen molar-refractivity contribution in [3.63, 3.8) is 0 Å². The summed E-state index contributed by atoms with van der Waals surface area (Å²) < 4.78 is 18.8. The Morgan fingerprint density at radius 1 is 1.50 bits per heavy atom. The second kappa shape index (κ2) is 3.51. The van der Waals surface area contributed by atoms with Gasteiger partial charge in [-0.15, -0.1) is 0 Å². The van der Waals surface area contributed by atoms with E-state index in [1.165, 1.54) is 12.1 Å². The fraction of sp³-hybridized carbons (Fsp3) is 0.400. The number of benzene rings is 1. The van der Waals surface area contributed by atoms with E-state index in [2.05, 4.69) is 15.9 Å². The van der Waals surface area contributed by atoms with Gasteiger partial charge in [-0.25, -0.2) is 4.39 Å². The number of nitrogens with two attached hydrogens (primary N) is 1. The maximum atomic E-state index is 12.7. The van der Waals surface area contributed by atoms with Crippen LogP contribution in [0.5, 0.6) is 5.75 Å². The van der Waals surface area contributed by atoms with Gasteiger partial charge >= 0.3 is 0 Å². The van der Waals surface area contributed by atoms with E-state index in [9.17, 15) is 4.39 Å². The minimum Gasteiger partial charge on any atom is -0.490 e. The lowest BCUT2D eigenvalue weighted by molar-refractivity contribution is 0.277. The minimum atomic E-state index is -0.280. The second-order valence-electron chi connectivity index (χ2n) is 3.73. The van der Waals surface area contributed by atoms with Crippen LogP contribution in [-0.4, -0.2) is 12.1 Å². The van der Waals surface area contributed by atoms with Crippen molar-refractivity contribution in [3.05, 3.63) is 28.5 Å². The molecule has 1 fully saturated rings. The summed E-state index contributed by atoms with van der Waals surface area (Å²) in [6.07, 6.45) is 2.01. The van der Waals surface area contributed by atoms with Crippen molar-refractivity contribution in [2.45, 2.75) is 18.4 Å². The van der Waals surface area contributed by atoms with Gasteiger partial charge in [-0.1, -0.05) is 0 Å². The van der Waals surface area contributed by atoms with Gasteiger partial charge in [-0.2, -0.15) is 0 Å². The van der Waals surface area contributed by atoms with E-state index in [0.717, 1.165) is 12.8 Å². The molecule has 1 aromatic carbocycles. The molecule has 0 atom stereocenters. The number of rotatable bonds is 3. The Labute approximate surface area is 90.4 Å². The molecule has 0 radical (unpaired) electrons. The van der Waals surface area contributed by atoms with Crippen LogP contribution in [-0.2, 0) is 0 Å². The molecule has 0 aliphatic heterocycles. The molecule has 0 aromatic heterocycles. The van der Waals surface area contributed by atoms with Crippen molar-refractivity contribution < 1.29 is 9.13 Å². The number of ether oxygens (including phenoxy) is 1. The first-order valence-electron chi connectivity index (χ1n) is 4.46. The lowest BCUT2D eigenvalue weighted by Crippen LogP contribution is -2.29. The summed E-state index contributed by atoms with van der Waals surface area (Å²) in [5.74, 6) is 0.362. The van der Waals surface area contributed by atoms with Crippen LogP contribution in [0.25, 0.3) is 0 Å². The van der Waals surface area contributed by atoms with E-state index < -0.39 is 0 Å². The van der Waals surface area contributed by atoms with Crippen LogP contribution in [0.15, 0.2) is 22.7 Å². The van der Waals surface area contributed by atoms with Gasteiger partial charge in [0.05, 0.1) is 10.0 Å². The summed E-state index contributed by atoms with van der Waals surface area (Å²) >= 11 is 3.23. The molecule has 1 aliphatic rings. The van der Waals surface area contributed by atoms with Crippen molar-refractivity contribution in [1.82, 2.24) is 0 Å². The summed E-state index contributed by atoms with van der Waals surface area (Å²) in [5, 5.41) is 0. The first-order valence-corrected chi connectivity index (χ1v) is 5.25. The fourth-order valence-corrected chi connectivity index (χ4v) is 1.58. The highest BCUT2D eigenvalue weighted by atomic mass is 79.9. The molecule has 1 aromatic rings. The number of hydrogen-bond acceptors (Lipinski definition) is 2. The molecular weight excluding hydrogens is 249 g/mol. The highest BCUT2D eigenvalue weighted by Gasteiger charge is 2.39. The summed E-state index contributed by atoms with van der Waals surface area (Å²) in [7, 11) is 0. The summed E-state index contributed by atoms with van der Waals surface area (Å²) in [5.41, 5.74) is 5.71. The molecule has 2 rings (SSSR count). The maximum absolute atomic E-state index is 12.7. The van der Waals surface area contributed by atoms with Gasteiger partial charge in [0.15, 0.2) is 0 Å². The Kier molecular flexibility index (Phi) is 2.49. The fourth-order valence-electron chi connectivity index (χ4n) is 1.12. The average molecular weight is 260 g/mol. The molecule has 0 bridgehead atoms. The molecule has 76 valence electrons. The molecule has 0 spiro atoms. The molecule has 0 saturated heterocycles. The predicted molar refractivity (Wildman–Crippen MR) is 55.7 cm³/mol. The van der Waals surface area contributed by atoms with Crippen LogP contribution in [0.2, 0.25) is 0 Å². The van der Waals surface area contributed by atoms with Crippen molar-refractivity contribution in [2.24, 2.45) is 5.73 Å². The monoisotopic (exact) mass is 259 g/mol. The van der Waals surface area contributed by atoms with Gasteiger partial charge in [0, 0.05) is 0 Å². The number of halogens is 2. The Balaban J connectivity index is 2.02. The Hall–Kier alpha value is -0.610. The topological polar surface area (TPSA) is 35.2 Å². The quantitative estimate of drug-likeness (QED) is 0.906. The lowest BCUT2D eigenvalue weighted by Gasteiger charge is -2.12. The molecular formula is C10H11BrFNO. The Bertz CT molecular complexity index is 352. The Morgan fingerprint density at radius 2 is 2.21 bits per heavy atom. The largest absolute Gasteiger partial charge is 0.490 e. The normalized spacial score (nSPS) is 17.9. The van der Waals surface area contributed by atoms with Gasteiger partial charge in [-0.3, -0.25) is 0 Å². The zero-order valence-corrected chi connectivity index (χ0v) is 9.18. The second-order valence-corrected chi connectivity index (χ2v) is 4.58. The van der Waals surface area contributed by atoms with Gasteiger partial charge in [0.25, 0.3) is 0 Å². The standard InChI is InChI=1S/C10H11BrFNO/c11-8-5-7(12)1-2-9(8)14-6-10(13)3-4-10/h1-2,5H,3-4,6,13H2. The third-order valence-electron chi connectivity index (χ3n) is 2.30. The maximum Gasteiger partial charge on any atom is 0.133 e. The summed E-state index contributed by atoms with van der Waals surface area (Å²) in [6, 6.07) is 4.35.